The number of fused-ring (bicyclic) bond motifs is 3. The van der Waals surface area contributed by atoms with Crippen molar-refractivity contribution in [1.29, 1.82) is 0 Å². The van der Waals surface area contributed by atoms with Gasteiger partial charge in [-0.25, -0.2) is 0 Å². The second kappa shape index (κ2) is 10.8. The van der Waals surface area contributed by atoms with Gasteiger partial charge in [0.15, 0.2) is 5.65 Å². The van der Waals surface area contributed by atoms with Crippen molar-refractivity contribution >= 4 is 17.0 Å². The first-order chi connectivity index (χ1) is 17.8. The number of carbonyl (C=O) groups excluding carboxylic acids is 1. The summed E-state index contributed by atoms with van der Waals surface area (Å²) in [5, 5.41) is 37.2. The number of esters is 1. The van der Waals surface area contributed by atoms with E-state index in [9.17, 15) is 20.1 Å². The summed E-state index contributed by atoms with van der Waals surface area (Å²) < 4.78 is 18.4. The van der Waals surface area contributed by atoms with Crippen molar-refractivity contribution in [3.63, 3.8) is 0 Å². The van der Waals surface area contributed by atoms with Gasteiger partial charge >= 0.3 is 5.97 Å². The first kappa shape index (κ1) is 26.3. The molecule has 3 aliphatic rings. The molecule has 0 aromatic carbocycles. The van der Waals surface area contributed by atoms with Crippen LogP contribution in [0.3, 0.4) is 0 Å². The summed E-state index contributed by atoms with van der Waals surface area (Å²) in [5.41, 5.74) is 3.93. The number of likely N-dealkylation sites (tertiary alicyclic amines) is 1. The molecule has 4 heterocycles. The maximum Gasteiger partial charge on any atom is 0.305 e. The molecule has 37 heavy (non-hydrogen) atoms. The number of hydrogen-bond acceptors (Lipinski definition) is 10. The molecule has 6 atom stereocenters. The highest BCUT2D eigenvalue weighted by atomic mass is 16.8. The molecule has 11 heteroatoms. The smallest absolute Gasteiger partial charge is 0.305 e. The van der Waals surface area contributed by atoms with E-state index in [0.29, 0.717) is 17.4 Å². The Kier molecular flexibility index (Phi) is 7.69. The Morgan fingerprint density at radius 3 is 2.54 bits per heavy atom. The number of piperidine rings is 1. The Labute approximate surface area is 216 Å². The van der Waals surface area contributed by atoms with E-state index < -0.39 is 36.9 Å². The lowest BCUT2D eigenvalue weighted by atomic mass is 9.86. The van der Waals surface area contributed by atoms with Gasteiger partial charge in [0.2, 0.25) is 18.5 Å². The Morgan fingerprint density at radius 1 is 1.08 bits per heavy atom. The van der Waals surface area contributed by atoms with Crippen molar-refractivity contribution in [2.45, 2.75) is 95.6 Å². The van der Waals surface area contributed by atoms with Crippen LogP contribution in [0.1, 0.15) is 68.7 Å². The van der Waals surface area contributed by atoms with Crippen LogP contribution in [0.5, 0.6) is 5.88 Å². The van der Waals surface area contributed by atoms with E-state index in [1.165, 1.54) is 12.5 Å². The molecule has 2 fully saturated rings. The molecule has 2 aromatic rings. The average Bonchev–Trinajstić information content (AvgIpc) is 3.22. The predicted octanol–water partition coefficient (Wildman–Crippen LogP) is 1.14. The number of ether oxygens (including phenoxy) is 3. The molecular weight excluding hydrogens is 480 g/mol. The van der Waals surface area contributed by atoms with Gasteiger partial charge in [-0.05, 0) is 63.6 Å². The van der Waals surface area contributed by atoms with Crippen molar-refractivity contribution in [1.82, 2.24) is 19.7 Å². The van der Waals surface area contributed by atoms with Crippen molar-refractivity contribution in [2.75, 3.05) is 19.6 Å². The Morgan fingerprint density at radius 2 is 1.81 bits per heavy atom. The molecule has 0 saturated carbocycles. The number of pyridine rings is 1. The van der Waals surface area contributed by atoms with E-state index in [4.69, 9.17) is 24.3 Å². The van der Waals surface area contributed by atoms with Crippen LogP contribution in [0.25, 0.3) is 11.0 Å². The zero-order valence-electron chi connectivity index (χ0n) is 21.8. The summed E-state index contributed by atoms with van der Waals surface area (Å²) in [6.07, 6.45) is -0.606. The van der Waals surface area contributed by atoms with E-state index in [1.54, 1.807) is 4.68 Å². The van der Waals surface area contributed by atoms with E-state index in [1.807, 2.05) is 7.05 Å². The van der Waals surface area contributed by atoms with Crippen molar-refractivity contribution in [3.8, 4) is 5.88 Å². The normalized spacial score (nSPS) is 30.8. The van der Waals surface area contributed by atoms with Crippen LogP contribution in [0.2, 0.25) is 0 Å². The van der Waals surface area contributed by atoms with Gasteiger partial charge in [-0.1, -0.05) is 6.92 Å². The van der Waals surface area contributed by atoms with Crippen molar-refractivity contribution < 1.29 is 34.3 Å². The van der Waals surface area contributed by atoms with Gasteiger partial charge in [0.05, 0.1) is 5.69 Å². The first-order valence-electron chi connectivity index (χ1n) is 13.4. The molecule has 0 spiro atoms. The largest absolute Gasteiger partial charge is 0.444 e. The van der Waals surface area contributed by atoms with Gasteiger partial charge in [-0.15, -0.1) is 0 Å². The molecule has 0 amide bonds. The zero-order valence-corrected chi connectivity index (χ0v) is 21.8. The topological polar surface area (TPSA) is 139 Å². The average molecular weight is 519 g/mol. The van der Waals surface area contributed by atoms with Gasteiger partial charge in [0, 0.05) is 37.4 Å². The van der Waals surface area contributed by atoms with Gasteiger partial charge < -0.3 is 29.7 Å². The van der Waals surface area contributed by atoms with Gasteiger partial charge in [-0.3, -0.25) is 14.2 Å². The predicted molar refractivity (Wildman–Crippen MR) is 133 cm³/mol. The van der Waals surface area contributed by atoms with E-state index in [2.05, 4.69) is 11.8 Å². The van der Waals surface area contributed by atoms with Crippen LogP contribution >= 0.6 is 0 Å². The fraction of sp³-hybridized carbons (Fsp3) is 0.731. The molecule has 2 aliphatic heterocycles. The number of nitrogens with zero attached hydrogens (tertiary/aromatic N) is 4. The SMILES string of the molecule is CCCN1CCCC(c2nn(C)c3nc(O[C@H]4O[C@@H](OC(C)=O)[C@@H](O)[C@@H](O)[C@H]4O)c4c(c23)CCCC4)C1. The van der Waals surface area contributed by atoms with E-state index >= 15 is 0 Å². The third kappa shape index (κ3) is 5.07. The van der Waals surface area contributed by atoms with Crippen LogP contribution < -0.4 is 4.74 Å². The van der Waals surface area contributed by atoms with Crippen molar-refractivity contribution in [2.24, 2.45) is 7.05 Å². The summed E-state index contributed by atoms with van der Waals surface area (Å²) in [7, 11) is 1.88. The van der Waals surface area contributed by atoms with E-state index in [0.717, 1.165) is 81.2 Å². The van der Waals surface area contributed by atoms with E-state index in [-0.39, 0.29) is 0 Å². The molecule has 11 nitrogen and oxygen atoms in total. The van der Waals surface area contributed by atoms with Gasteiger partial charge in [0.25, 0.3) is 0 Å². The highest BCUT2D eigenvalue weighted by Gasteiger charge is 2.47. The minimum atomic E-state index is -1.62. The monoisotopic (exact) mass is 518 g/mol. The molecule has 0 radical (unpaired) electrons. The third-order valence-corrected chi connectivity index (χ3v) is 7.75. The lowest BCUT2D eigenvalue weighted by Crippen LogP contribution is -2.60. The fourth-order valence-corrected chi connectivity index (χ4v) is 6.00. The number of aliphatic hydroxyl groups excluding tert-OH is 3. The molecule has 1 unspecified atom stereocenters. The van der Waals surface area contributed by atoms with Crippen LogP contribution in [-0.4, -0.2) is 91.5 Å². The summed E-state index contributed by atoms with van der Waals surface area (Å²) in [4.78, 5) is 18.8. The molecule has 1 aliphatic carbocycles. The number of hydrogen-bond donors (Lipinski definition) is 3. The second-order valence-corrected chi connectivity index (χ2v) is 10.5. The zero-order chi connectivity index (χ0) is 26.3. The Hall–Kier alpha value is -2.31. The minimum Gasteiger partial charge on any atom is -0.444 e. The van der Waals surface area contributed by atoms with Crippen LogP contribution in [0.15, 0.2) is 0 Å². The highest BCUT2D eigenvalue weighted by molar-refractivity contribution is 5.85. The molecule has 0 bridgehead atoms. The van der Waals surface area contributed by atoms with Crippen LogP contribution in [-0.2, 0) is 34.2 Å². The molecular formula is C26H38N4O7. The van der Waals surface area contributed by atoms with Crippen LogP contribution in [0, 0.1) is 0 Å². The maximum absolute atomic E-state index is 11.5. The number of aryl methyl sites for hydroxylation is 2. The molecule has 2 saturated heterocycles. The summed E-state index contributed by atoms with van der Waals surface area (Å²) in [6, 6.07) is 0. The van der Waals surface area contributed by atoms with Crippen LogP contribution in [0.4, 0.5) is 0 Å². The number of aliphatic hydroxyl groups is 3. The molecule has 5 rings (SSSR count). The molecule has 3 N–H and O–H groups in total. The fourth-order valence-electron chi connectivity index (χ4n) is 6.00. The number of rotatable bonds is 6. The van der Waals surface area contributed by atoms with Gasteiger partial charge in [-0.2, -0.15) is 10.1 Å². The second-order valence-electron chi connectivity index (χ2n) is 10.5. The summed E-state index contributed by atoms with van der Waals surface area (Å²) >= 11 is 0. The lowest BCUT2D eigenvalue weighted by Gasteiger charge is -2.39. The maximum atomic E-state index is 11.5. The Balaban J connectivity index is 1.50. The molecule has 204 valence electrons. The quantitative estimate of drug-likeness (QED) is 0.477. The third-order valence-electron chi connectivity index (χ3n) is 7.75. The summed E-state index contributed by atoms with van der Waals surface area (Å²) in [6.45, 7) is 6.59. The summed E-state index contributed by atoms with van der Waals surface area (Å²) in [5.74, 6) is -0.0404. The minimum absolute atomic E-state index is 0.308. The molecule has 2 aromatic heterocycles. The van der Waals surface area contributed by atoms with Crippen molar-refractivity contribution in [3.05, 3.63) is 16.8 Å². The lowest BCUT2D eigenvalue weighted by molar-refractivity contribution is -0.324. The van der Waals surface area contributed by atoms with Gasteiger partial charge in [0.1, 0.15) is 18.3 Å². The highest BCUT2D eigenvalue weighted by Crippen LogP contribution is 2.40. The number of aromatic nitrogens is 3. The number of carbonyl (C=O) groups is 1. The first-order valence-corrected chi connectivity index (χ1v) is 13.4. The Bertz CT molecular complexity index is 1140. The standard InChI is InChI=1S/C26H38N4O7/c1-4-11-30-12-7-8-15(13-30)19-18-16-9-5-6-10-17(16)24(27-23(18)29(3)28-19)36-26-22(34)20(32)21(33)25(37-26)35-14(2)31/h15,20-22,25-26,32-34H,4-13H2,1-3H3/t15?,20-,21+,22-,25-,26+/m1/s1.